The predicted octanol–water partition coefficient (Wildman–Crippen LogP) is 8.09. The van der Waals surface area contributed by atoms with Crippen LogP contribution in [0.2, 0.25) is 0 Å². The third-order valence-corrected chi connectivity index (χ3v) is 7.79. The van der Waals surface area contributed by atoms with E-state index in [0.717, 1.165) is 0 Å². The maximum absolute atomic E-state index is 2.44. The van der Waals surface area contributed by atoms with Crippen LogP contribution >= 0.6 is 0 Å². The molecule has 0 radical (unpaired) electrons. The van der Waals surface area contributed by atoms with E-state index in [2.05, 4.69) is 62.4 Å². The number of benzene rings is 2. The van der Waals surface area contributed by atoms with Crippen LogP contribution in [0.15, 0.2) is 48.5 Å². The van der Waals surface area contributed by atoms with Crippen molar-refractivity contribution in [2.24, 2.45) is 5.41 Å². The highest BCUT2D eigenvalue weighted by molar-refractivity contribution is 5.64. The van der Waals surface area contributed by atoms with Crippen LogP contribution in [0.4, 0.5) is 0 Å². The molecule has 5 rings (SSSR count). The van der Waals surface area contributed by atoms with Crippen LogP contribution in [0.5, 0.6) is 0 Å². The van der Waals surface area contributed by atoms with Crippen molar-refractivity contribution in [3.63, 3.8) is 0 Å². The Hall–Kier alpha value is -1.56. The monoisotopic (exact) mass is 360 g/mol. The van der Waals surface area contributed by atoms with Crippen molar-refractivity contribution in [2.75, 3.05) is 0 Å². The molecular formula is C27H36. The van der Waals surface area contributed by atoms with E-state index in [9.17, 15) is 0 Å². The topological polar surface area (TPSA) is 0 Å². The SMILES string of the molecule is CCCCC12CCC(c3ccc(-c4ccc(CCC)cc4)cc3)(CC1)CC2. The van der Waals surface area contributed by atoms with Gasteiger partial charge in [-0.1, -0.05) is 81.6 Å². The Labute approximate surface area is 166 Å². The van der Waals surface area contributed by atoms with Gasteiger partial charge < -0.3 is 0 Å². The third-order valence-electron chi connectivity index (χ3n) is 7.79. The molecule has 0 heterocycles. The minimum absolute atomic E-state index is 0.484. The van der Waals surface area contributed by atoms with Crippen molar-refractivity contribution < 1.29 is 0 Å². The van der Waals surface area contributed by atoms with Crippen LogP contribution in [-0.2, 0) is 11.8 Å². The fourth-order valence-corrected chi connectivity index (χ4v) is 5.79. The molecular weight excluding hydrogens is 324 g/mol. The minimum atomic E-state index is 0.484. The third kappa shape index (κ3) is 3.73. The second kappa shape index (κ2) is 7.82. The molecule has 3 aliphatic carbocycles. The fourth-order valence-electron chi connectivity index (χ4n) is 5.79. The molecule has 2 aromatic carbocycles. The average molecular weight is 361 g/mol. The van der Waals surface area contributed by atoms with Crippen LogP contribution in [-0.4, -0.2) is 0 Å². The summed E-state index contributed by atoms with van der Waals surface area (Å²) < 4.78 is 0. The Kier molecular flexibility index (Phi) is 5.44. The summed E-state index contributed by atoms with van der Waals surface area (Å²) >= 11 is 0. The van der Waals surface area contributed by atoms with Gasteiger partial charge in [0.25, 0.3) is 0 Å². The summed E-state index contributed by atoms with van der Waals surface area (Å²) in [5.41, 5.74) is 6.97. The summed E-state index contributed by atoms with van der Waals surface area (Å²) in [6.07, 6.45) is 15.3. The van der Waals surface area contributed by atoms with Gasteiger partial charge in [-0.3, -0.25) is 0 Å². The molecule has 3 aliphatic rings. The summed E-state index contributed by atoms with van der Waals surface area (Å²) in [5, 5.41) is 0. The van der Waals surface area contributed by atoms with Gasteiger partial charge in [0, 0.05) is 0 Å². The van der Waals surface area contributed by atoms with Gasteiger partial charge in [-0.25, -0.2) is 0 Å². The van der Waals surface area contributed by atoms with E-state index in [1.807, 2.05) is 0 Å². The van der Waals surface area contributed by atoms with Gasteiger partial charge in [0.2, 0.25) is 0 Å². The summed E-state index contributed by atoms with van der Waals surface area (Å²) in [5.74, 6) is 0. The number of hydrogen-bond donors (Lipinski definition) is 0. The molecule has 0 aliphatic heterocycles. The first-order valence-electron chi connectivity index (χ1n) is 11.4. The van der Waals surface area contributed by atoms with Crippen LogP contribution in [0.3, 0.4) is 0 Å². The Morgan fingerprint density at radius 3 is 1.74 bits per heavy atom. The molecule has 0 aromatic heterocycles. The standard InChI is InChI=1S/C27H36/c1-3-5-15-26-16-19-27(20-17-26,21-18-26)25-13-11-24(12-14-25)23-9-7-22(6-4-2)8-10-23/h7-14H,3-6,15-21H2,1-2H3. The molecule has 0 saturated heterocycles. The lowest BCUT2D eigenvalue weighted by molar-refractivity contribution is 0.0308. The molecule has 27 heavy (non-hydrogen) atoms. The van der Waals surface area contributed by atoms with Gasteiger partial charge in [0.1, 0.15) is 0 Å². The molecule has 0 atom stereocenters. The number of fused-ring (bicyclic) bond motifs is 3. The van der Waals surface area contributed by atoms with Gasteiger partial charge in [-0.05, 0) is 84.5 Å². The molecule has 3 saturated carbocycles. The van der Waals surface area contributed by atoms with Crippen molar-refractivity contribution in [3.05, 3.63) is 59.7 Å². The summed E-state index contributed by atoms with van der Waals surface area (Å²) in [4.78, 5) is 0. The number of rotatable bonds is 7. The van der Waals surface area contributed by atoms with Gasteiger partial charge in [0.05, 0.1) is 0 Å². The molecule has 2 aromatic rings. The zero-order valence-corrected chi connectivity index (χ0v) is 17.4. The summed E-state index contributed by atoms with van der Waals surface area (Å²) in [7, 11) is 0. The van der Waals surface area contributed by atoms with Gasteiger partial charge >= 0.3 is 0 Å². The highest BCUT2D eigenvalue weighted by Gasteiger charge is 2.48. The summed E-state index contributed by atoms with van der Waals surface area (Å²) in [6.45, 7) is 4.59. The van der Waals surface area contributed by atoms with Crippen molar-refractivity contribution in [2.45, 2.75) is 89.9 Å². The highest BCUT2D eigenvalue weighted by atomic mass is 14.5. The number of unbranched alkanes of at least 4 members (excludes halogenated alkanes) is 1. The normalized spacial score (nSPS) is 27.0. The van der Waals surface area contributed by atoms with Gasteiger partial charge in [0.15, 0.2) is 0 Å². The Morgan fingerprint density at radius 1 is 0.667 bits per heavy atom. The molecule has 0 amide bonds. The number of aryl methyl sites for hydroxylation is 1. The first-order valence-corrected chi connectivity index (χ1v) is 11.4. The molecule has 0 nitrogen and oxygen atoms in total. The average Bonchev–Trinajstić information content (AvgIpc) is 2.75. The lowest BCUT2D eigenvalue weighted by Crippen LogP contribution is -2.44. The molecule has 0 N–H and O–H groups in total. The van der Waals surface area contributed by atoms with Crippen molar-refractivity contribution >= 4 is 0 Å². The first-order chi connectivity index (χ1) is 13.2. The first kappa shape index (κ1) is 18.8. The van der Waals surface area contributed by atoms with Crippen LogP contribution in [0, 0.1) is 5.41 Å². The van der Waals surface area contributed by atoms with Crippen molar-refractivity contribution in [1.82, 2.24) is 0 Å². The Morgan fingerprint density at radius 2 is 1.22 bits per heavy atom. The molecule has 144 valence electrons. The fraction of sp³-hybridized carbons (Fsp3) is 0.556. The van der Waals surface area contributed by atoms with E-state index in [4.69, 9.17) is 0 Å². The van der Waals surface area contributed by atoms with E-state index in [-0.39, 0.29) is 0 Å². The van der Waals surface area contributed by atoms with E-state index in [0.29, 0.717) is 10.8 Å². The smallest absolute Gasteiger partial charge is 0.00463 e. The Bertz CT molecular complexity index is 710. The van der Waals surface area contributed by atoms with Crippen molar-refractivity contribution in [3.8, 4) is 11.1 Å². The molecule has 0 heteroatoms. The molecule has 2 bridgehead atoms. The van der Waals surface area contributed by atoms with E-state index in [1.165, 1.54) is 87.3 Å². The van der Waals surface area contributed by atoms with E-state index in [1.54, 1.807) is 5.56 Å². The number of hydrogen-bond acceptors (Lipinski definition) is 0. The van der Waals surface area contributed by atoms with Gasteiger partial charge in [-0.15, -0.1) is 0 Å². The maximum atomic E-state index is 2.44. The van der Waals surface area contributed by atoms with Crippen LogP contribution in [0.25, 0.3) is 11.1 Å². The maximum Gasteiger partial charge on any atom is -0.00463 e. The van der Waals surface area contributed by atoms with Crippen LogP contribution in [0.1, 0.15) is 89.2 Å². The van der Waals surface area contributed by atoms with Gasteiger partial charge in [-0.2, -0.15) is 0 Å². The predicted molar refractivity (Wildman–Crippen MR) is 117 cm³/mol. The zero-order chi connectivity index (χ0) is 18.7. The molecule has 0 unspecified atom stereocenters. The minimum Gasteiger partial charge on any atom is -0.0654 e. The zero-order valence-electron chi connectivity index (χ0n) is 17.4. The lowest BCUT2D eigenvalue weighted by atomic mass is 9.51. The quantitative estimate of drug-likeness (QED) is 0.468. The van der Waals surface area contributed by atoms with E-state index >= 15 is 0 Å². The van der Waals surface area contributed by atoms with Crippen molar-refractivity contribution in [1.29, 1.82) is 0 Å². The van der Waals surface area contributed by atoms with Crippen LogP contribution < -0.4 is 0 Å². The second-order valence-corrected chi connectivity index (χ2v) is 9.41. The second-order valence-electron chi connectivity index (χ2n) is 9.41. The van der Waals surface area contributed by atoms with E-state index < -0.39 is 0 Å². The lowest BCUT2D eigenvalue weighted by Gasteiger charge is -2.54. The summed E-state index contributed by atoms with van der Waals surface area (Å²) in [6, 6.07) is 18.8. The molecule has 0 spiro atoms. The molecule has 3 fully saturated rings. The largest absolute Gasteiger partial charge is 0.0654 e. The highest BCUT2D eigenvalue weighted by Crippen LogP contribution is 2.59. The Balaban J connectivity index is 1.47.